The van der Waals surface area contributed by atoms with Crippen molar-refractivity contribution in [3.05, 3.63) is 42.0 Å². The van der Waals surface area contributed by atoms with Gasteiger partial charge >= 0.3 is 12.0 Å². The first-order valence-electron chi connectivity index (χ1n) is 17.1. The number of nitrogens with zero attached hydrogens (tertiary/aromatic N) is 2. The number of aliphatic hydroxyl groups excluding tert-OH is 3. The van der Waals surface area contributed by atoms with Crippen LogP contribution in [0.1, 0.15) is 36.0 Å². The fraction of sp³-hybridized carbons (Fsp3) is 0.484. The second kappa shape index (κ2) is 23.4. The maximum Gasteiger partial charge on any atom is 0.337 e. The lowest BCUT2D eigenvalue weighted by atomic mass is 10.0. The molecule has 3 heterocycles. The van der Waals surface area contributed by atoms with E-state index in [-0.39, 0.29) is 24.4 Å². The molecular weight excluding hydrogens is 760 g/mol. The SMILES string of the molecule is NCCC[C@H](N)CC(=O)N[C@H]1CNC(=O)[C@H]([C@H]2C[C@H](O)N=C(N)N2)NC(=O)/C(=C/NC(N)=O)NC(=O)[C@H](CO)NC(=O)[C@H](CO)NC1=O.O=C(O)c1cccnc1. The molecule has 3 rings (SSSR count). The van der Waals surface area contributed by atoms with Crippen LogP contribution in [0.2, 0.25) is 0 Å². The molecule has 0 aromatic carbocycles. The Kier molecular flexibility index (Phi) is 19.2. The van der Waals surface area contributed by atoms with Crippen LogP contribution in [-0.4, -0.2) is 148 Å². The lowest BCUT2D eigenvalue weighted by Crippen LogP contribution is -2.64. The van der Waals surface area contributed by atoms with Crippen molar-refractivity contribution < 1.29 is 58.8 Å². The second-order valence-electron chi connectivity index (χ2n) is 12.3. The third kappa shape index (κ3) is 16.0. The van der Waals surface area contributed by atoms with E-state index in [1.807, 2.05) is 5.32 Å². The molecule has 0 spiro atoms. The first-order valence-corrected chi connectivity index (χ1v) is 17.1. The van der Waals surface area contributed by atoms with E-state index in [0.29, 0.717) is 25.6 Å². The number of nitrogens with two attached hydrogens (primary N) is 4. The minimum Gasteiger partial charge on any atom is -0.478 e. The van der Waals surface area contributed by atoms with Crippen molar-refractivity contribution in [2.24, 2.45) is 27.9 Å². The zero-order valence-electron chi connectivity index (χ0n) is 30.3. The van der Waals surface area contributed by atoms with Crippen LogP contribution in [0.25, 0.3) is 0 Å². The number of hydrogen-bond acceptors (Lipinski definition) is 17. The van der Waals surface area contributed by atoms with Gasteiger partial charge in [-0.05, 0) is 31.5 Å². The van der Waals surface area contributed by atoms with Gasteiger partial charge in [-0.25, -0.2) is 14.6 Å². The van der Waals surface area contributed by atoms with Crippen LogP contribution < -0.4 is 65.5 Å². The van der Waals surface area contributed by atoms with Crippen LogP contribution in [0, 0.1) is 0 Å². The smallest absolute Gasteiger partial charge is 0.337 e. The summed E-state index contributed by atoms with van der Waals surface area (Å²) in [5, 5.41) is 56.2. The van der Waals surface area contributed by atoms with Crippen molar-refractivity contribution in [3.8, 4) is 0 Å². The number of pyridine rings is 1. The zero-order valence-corrected chi connectivity index (χ0v) is 30.3. The molecule has 1 aromatic heterocycles. The Balaban J connectivity index is 0.00000109. The van der Waals surface area contributed by atoms with Gasteiger partial charge < -0.3 is 85.9 Å². The topological polar surface area (TPSA) is 443 Å². The largest absolute Gasteiger partial charge is 0.478 e. The molecule has 1 fully saturated rings. The van der Waals surface area contributed by atoms with E-state index in [2.05, 4.69) is 47.2 Å². The number of aromatic nitrogens is 1. The van der Waals surface area contributed by atoms with Crippen LogP contribution in [0.4, 0.5) is 4.79 Å². The first kappa shape index (κ1) is 46.7. The van der Waals surface area contributed by atoms with Gasteiger partial charge in [0.2, 0.25) is 29.5 Å². The number of carboxylic acid groups (broad SMARTS) is 1. The van der Waals surface area contributed by atoms with Crippen molar-refractivity contribution in [2.45, 2.75) is 68.2 Å². The summed E-state index contributed by atoms with van der Waals surface area (Å²) in [6, 6.07) is -6.58. The van der Waals surface area contributed by atoms with Gasteiger partial charge in [-0.1, -0.05) is 0 Å². The number of carbonyl (C=O) groups is 8. The maximum atomic E-state index is 13.6. The van der Waals surface area contributed by atoms with Crippen molar-refractivity contribution in [1.82, 2.24) is 47.5 Å². The molecule has 0 radical (unpaired) electrons. The molecule has 26 heteroatoms. The van der Waals surface area contributed by atoms with Crippen LogP contribution in [0.5, 0.6) is 0 Å². The quantitative estimate of drug-likeness (QED) is 0.0923. The number of hydrogen-bond donors (Lipinski definition) is 16. The molecule has 20 N–H and O–H groups in total. The minimum atomic E-state index is -1.78. The van der Waals surface area contributed by atoms with Gasteiger partial charge in [0.25, 0.3) is 5.91 Å². The number of amides is 8. The standard InChI is InChI=1S/C25H43N13O10.C6H5NO2/c26-3-1-2-10(27)4-16(41)32-12-6-30-23(47)18(11-5-17(42)37-24(28)36-11)38-20(44)13(7-31-25(29)48)33-21(45)14(8-39)35-22(46)15(9-40)34-19(12)43;8-6(9)5-2-1-3-7-4-5/h7,10-12,14-15,17-18,39-40,42H,1-6,8-9,26-27H2,(H,30,47)(H,32,41)(H,33,45)(H,34,43)(H,35,46)(H,38,44)(H3,28,36,37)(H3,29,31,48);1-4H,(H,8,9)/b13-7-;/t10-,11+,12-,14-,15-,17-,18-;/m0./s1. The Bertz CT molecular complexity index is 1660. The molecule has 2 aliphatic heterocycles. The van der Waals surface area contributed by atoms with Gasteiger partial charge in [-0.3, -0.25) is 33.8 Å². The highest BCUT2D eigenvalue weighted by Crippen LogP contribution is 2.11. The predicted octanol–water partition coefficient (Wildman–Crippen LogP) is -8.10. The number of aromatic carboxylic acids is 1. The number of carboxylic acids is 1. The monoisotopic (exact) mass is 808 g/mol. The first-order chi connectivity index (χ1) is 27.0. The predicted molar refractivity (Wildman–Crippen MR) is 195 cm³/mol. The van der Waals surface area contributed by atoms with E-state index in [1.54, 1.807) is 6.07 Å². The molecular formula is C31H48N14O12. The van der Waals surface area contributed by atoms with E-state index >= 15 is 0 Å². The molecule has 26 nitrogen and oxygen atoms in total. The number of urea groups is 1. The molecule has 0 aliphatic carbocycles. The van der Waals surface area contributed by atoms with Gasteiger partial charge in [0, 0.05) is 44.0 Å². The molecule has 1 saturated heterocycles. The number of guanidine groups is 1. The lowest BCUT2D eigenvalue weighted by molar-refractivity contribution is -0.135. The molecule has 8 amide bonds. The Morgan fingerprint density at radius 2 is 1.65 bits per heavy atom. The summed E-state index contributed by atoms with van der Waals surface area (Å²) < 4.78 is 0. The molecule has 2 aliphatic rings. The highest BCUT2D eigenvalue weighted by molar-refractivity contribution is 6.02. The van der Waals surface area contributed by atoms with Gasteiger partial charge in [-0.15, -0.1) is 0 Å². The summed E-state index contributed by atoms with van der Waals surface area (Å²) in [4.78, 5) is 108. The Hall–Kier alpha value is -6.48. The average Bonchev–Trinajstić information content (AvgIpc) is 3.16. The molecule has 1 aromatic rings. The minimum absolute atomic E-state index is 0.220. The van der Waals surface area contributed by atoms with Gasteiger partial charge in [0.15, 0.2) is 12.2 Å². The molecule has 0 unspecified atom stereocenters. The fourth-order valence-corrected chi connectivity index (χ4v) is 4.95. The summed E-state index contributed by atoms with van der Waals surface area (Å²) >= 11 is 0. The summed E-state index contributed by atoms with van der Waals surface area (Å²) in [5.41, 5.74) is 21.7. The highest BCUT2D eigenvalue weighted by Gasteiger charge is 2.37. The third-order valence-corrected chi connectivity index (χ3v) is 7.82. The highest BCUT2D eigenvalue weighted by atomic mass is 16.4. The second-order valence-corrected chi connectivity index (χ2v) is 12.3. The number of rotatable bonds is 11. The normalized spacial score (nSPS) is 24.6. The van der Waals surface area contributed by atoms with E-state index in [1.165, 1.54) is 18.5 Å². The number of nitrogens with one attached hydrogen (secondary N) is 8. The molecule has 314 valence electrons. The van der Waals surface area contributed by atoms with E-state index in [9.17, 15) is 53.7 Å². The lowest BCUT2D eigenvalue weighted by Gasteiger charge is -2.33. The van der Waals surface area contributed by atoms with E-state index < -0.39 is 115 Å². The molecule has 0 bridgehead atoms. The Morgan fingerprint density at radius 1 is 0.982 bits per heavy atom. The van der Waals surface area contributed by atoms with Crippen molar-refractivity contribution in [2.75, 3.05) is 26.3 Å². The average molecular weight is 809 g/mol. The van der Waals surface area contributed by atoms with Gasteiger partial charge in [0.1, 0.15) is 29.9 Å². The van der Waals surface area contributed by atoms with Crippen molar-refractivity contribution >= 4 is 53.4 Å². The number of carbonyl (C=O) groups excluding carboxylic acids is 7. The summed E-state index contributed by atoms with van der Waals surface area (Å²) in [6.45, 7) is -2.36. The van der Waals surface area contributed by atoms with Crippen LogP contribution >= 0.6 is 0 Å². The van der Waals surface area contributed by atoms with Crippen LogP contribution in [-0.2, 0) is 28.8 Å². The Labute approximate surface area is 324 Å². The zero-order chi connectivity index (χ0) is 42.7. The number of primary amides is 1. The molecule has 7 atom stereocenters. The summed E-state index contributed by atoms with van der Waals surface area (Å²) in [5.74, 6) is -7.59. The van der Waals surface area contributed by atoms with Crippen molar-refractivity contribution in [1.29, 1.82) is 0 Å². The van der Waals surface area contributed by atoms with Crippen LogP contribution in [0.15, 0.2) is 41.4 Å². The summed E-state index contributed by atoms with van der Waals surface area (Å²) in [7, 11) is 0. The summed E-state index contributed by atoms with van der Waals surface area (Å²) in [6.07, 6.45) is 2.50. The van der Waals surface area contributed by atoms with Gasteiger partial charge in [-0.2, -0.15) is 0 Å². The van der Waals surface area contributed by atoms with Crippen molar-refractivity contribution in [3.63, 3.8) is 0 Å². The van der Waals surface area contributed by atoms with Gasteiger partial charge in [0.05, 0.1) is 24.8 Å². The van der Waals surface area contributed by atoms with Crippen LogP contribution in [0.3, 0.4) is 0 Å². The Morgan fingerprint density at radius 3 is 2.21 bits per heavy atom. The fourth-order valence-electron chi connectivity index (χ4n) is 4.95. The molecule has 0 saturated carbocycles. The number of aliphatic hydroxyl groups is 3. The maximum absolute atomic E-state index is 13.6. The molecule has 57 heavy (non-hydrogen) atoms. The number of aliphatic imine (C=N–C) groups is 1. The van der Waals surface area contributed by atoms with E-state index in [4.69, 9.17) is 28.0 Å². The van der Waals surface area contributed by atoms with E-state index in [0.717, 1.165) is 0 Å². The third-order valence-electron chi connectivity index (χ3n) is 7.82.